The second-order valence-corrected chi connectivity index (χ2v) is 6.85. The quantitative estimate of drug-likeness (QED) is 0.583. The summed E-state index contributed by atoms with van der Waals surface area (Å²) in [5, 5.41) is 0. The first-order valence-corrected chi connectivity index (χ1v) is 9.13. The minimum absolute atomic E-state index is 0.146. The van der Waals surface area contributed by atoms with Crippen molar-refractivity contribution in [2.75, 3.05) is 7.11 Å². The SMILES string of the molecule is C=C1/C=C\C(C(F)(F)F)=C/C/C(OC(C)=O)=C\C2=C1c1cc(OC)ccc1CC2. The van der Waals surface area contributed by atoms with E-state index < -0.39 is 17.7 Å². The van der Waals surface area contributed by atoms with Gasteiger partial charge in [-0.3, -0.25) is 4.79 Å². The second kappa shape index (κ2) is 8.15. The van der Waals surface area contributed by atoms with E-state index >= 15 is 0 Å². The fourth-order valence-corrected chi connectivity index (χ4v) is 3.50. The number of esters is 1. The summed E-state index contributed by atoms with van der Waals surface area (Å²) in [5.74, 6) is 0.234. The van der Waals surface area contributed by atoms with Gasteiger partial charge >= 0.3 is 12.1 Å². The first kappa shape index (κ1) is 20.7. The number of rotatable bonds is 2. The number of fused-ring (bicyclic) bond motifs is 2. The van der Waals surface area contributed by atoms with Crippen molar-refractivity contribution >= 4 is 11.5 Å². The number of hydrogen-bond donors (Lipinski definition) is 0. The average molecular weight is 402 g/mol. The van der Waals surface area contributed by atoms with Crippen molar-refractivity contribution in [2.45, 2.75) is 32.4 Å². The van der Waals surface area contributed by atoms with E-state index in [1.165, 1.54) is 13.0 Å². The van der Waals surface area contributed by atoms with Gasteiger partial charge in [0.1, 0.15) is 11.5 Å². The Morgan fingerprint density at radius 1 is 1.17 bits per heavy atom. The number of allylic oxidation sites excluding steroid dienone is 8. The Morgan fingerprint density at radius 3 is 2.59 bits per heavy atom. The lowest BCUT2D eigenvalue weighted by Gasteiger charge is -2.24. The summed E-state index contributed by atoms with van der Waals surface area (Å²) in [6, 6.07) is 5.66. The first-order valence-electron chi connectivity index (χ1n) is 9.13. The van der Waals surface area contributed by atoms with Crippen molar-refractivity contribution in [1.82, 2.24) is 0 Å². The average Bonchev–Trinajstić information content (AvgIpc) is 2.65. The molecule has 29 heavy (non-hydrogen) atoms. The molecule has 0 amide bonds. The van der Waals surface area contributed by atoms with E-state index in [0.29, 0.717) is 17.7 Å². The maximum atomic E-state index is 13.4. The molecule has 0 heterocycles. The van der Waals surface area contributed by atoms with E-state index in [1.54, 1.807) is 13.2 Å². The summed E-state index contributed by atoms with van der Waals surface area (Å²) in [7, 11) is 1.56. The van der Waals surface area contributed by atoms with Crippen LogP contribution in [0.3, 0.4) is 0 Å². The molecule has 0 unspecified atom stereocenters. The molecule has 0 saturated heterocycles. The predicted octanol–water partition coefficient (Wildman–Crippen LogP) is 5.85. The van der Waals surface area contributed by atoms with E-state index in [-0.39, 0.29) is 12.2 Å². The van der Waals surface area contributed by atoms with Crippen molar-refractivity contribution in [3.8, 4) is 5.75 Å². The normalized spacial score (nSPS) is 21.8. The lowest BCUT2D eigenvalue weighted by Crippen LogP contribution is -2.12. The molecule has 0 atom stereocenters. The number of ether oxygens (including phenoxy) is 2. The number of carbonyl (C=O) groups excluding carboxylic acids is 1. The zero-order valence-corrected chi connectivity index (χ0v) is 16.2. The highest BCUT2D eigenvalue weighted by Crippen LogP contribution is 2.40. The molecule has 1 aromatic carbocycles. The van der Waals surface area contributed by atoms with Crippen LogP contribution in [0.25, 0.3) is 5.57 Å². The Kier molecular flexibility index (Phi) is 5.82. The number of aryl methyl sites for hydroxylation is 1. The van der Waals surface area contributed by atoms with Gasteiger partial charge in [-0.05, 0) is 65.0 Å². The molecule has 0 fully saturated rings. The number of carbonyl (C=O) groups is 1. The van der Waals surface area contributed by atoms with E-state index in [1.807, 2.05) is 18.2 Å². The predicted molar refractivity (Wildman–Crippen MR) is 105 cm³/mol. The van der Waals surface area contributed by atoms with E-state index in [4.69, 9.17) is 9.47 Å². The number of alkyl halides is 3. The summed E-state index contributed by atoms with van der Waals surface area (Å²) in [6.45, 7) is 5.24. The van der Waals surface area contributed by atoms with Crippen molar-refractivity contribution in [3.63, 3.8) is 0 Å². The molecular formula is C23H21F3O3. The molecule has 2 aliphatic carbocycles. The van der Waals surface area contributed by atoms with E-state index in [0.717, 1.165) is 40.8 Å². The van der Waals surface area contributed by atoms with Crippen LogP contribution >= 0.6 is 0 Å². The third-order valence-corrected chi connectivity index (χ3v) is 4.82. The maximum absolute atomic E-state index is 13.4. The molecule has 152 valence electrons. The smallest absolute Gasteiger partial charge is 0.416 e. The van der Waals surface area contributed by atoms with Gasteiger partial charge < -0.3 is 9.47 Å². The molecule has 0 spiro atoms. The monoisotopic (exact) mass is 402 g/mol. The van der Waals surface area contributed by atoms with Crippen molar-refractivity contribution in [3.05, 3.63) is 82.7 Å². The Labute approximate surface area is 167 Å². The van der Waals surface area contributed by atoms with Gasteiger partial charge in [0.25, 0.3) is 0 Å². The Balaban J connectivity index is 2.20. The van der Waals surface area contributed by atoms with Crippen molar-refractivity contribution in [1.29, 1.82) is 0 Å². The third-order valence-electron chi connectivity index (χ3n) is 4.82. The van der Waals surface area contributed by atoms with E-state index in [2.05, 4.69) is 6.58 Å². The molecule has 0 N–H and O–H groups in total. The van der Waals surface area contributed by atoms with Gasteiger partial charge in [0.15, 0.2) is 0 Å². The van der Waals surface area contributed by atoms with Crippen LogP contribution in [0.4, 0.5) is 13.2 Å². The minimum Gasteiger partial charge on any atom is -0.497 e. The van der Waals surface area contributed by atoms with Gasteiger partial charge in [-0.15, -0.1) is 0 Å². The lowest BCUT2D eigenvalue weighted by atomic mass is 9.81. The highest BCUT2D eigenvalue weighted by molar-refractivity contribution is 5.88. The summed E-state index contributed by atoms with van der Waals surface area (Å²) >= 11 is 0. The fourth-order valence-electron chi connectivity index (χ4n) is 3.50. The largest absolute Gasteiger partial charge is 0.497 e. The molecule has 1 aromatic rings. The van der Waals surface area contributed by atoms with Gasteiger partial charge in [0, 0.05) is 13.3 Å². The maximum Gasteiger partial charge on any atom is 0.416 e. The van der Waals surface area contributed by atoms with Gasteiger partial charge in [-0.25, -0.2) is 0 Å². The van der Waals surface area contributed by atoms with Gasteiger partial charge in [-0.2, -0.15) is 13.2 Å². The molecule has 3 nitrogen and oxygen atoms in total. The van der Waals surface area contributed by atoms with Crippen LogP contribution in [0, 0.1) is 0 Å². The van der Waals surface area contributed by atoms with Crippen LogP contribution in [0.15, 0.2) is 71.6 Å². The van der Waals surface area contributed by atoms with Crippen molar-refractivity contribution in [2.24, 2.45) is 0 Å². The van der Waals surface area contributed by atoms with Crippen molar-refractivity contribution < 1.29 is 27.4 Å². The standard InChI is InChI=1S/C23H21F3O3/c1-14-4-8-18(23(24,25)26)9-11-20(29-15(2)27)12-17-6-5-16-7-10-19(28-3)13-21(16)22(14)17/h4,7-10,12-13H,1,5-6,11H2,2-3H3/b8-4-,18-9+,20-12+. The Hall–Kier alpha value is -3.02. The Bertz CT molecular complexity index is 976. The number of halogens is 3. The second-order valence-electron chi connectivity index (χ2n) is 6.85. The summed E-state index contributed by atoms with van der Waals surface area (Å²) in [5.41, 5.74) is 3.14. The van der Waals surface area contributed by atoms with Gasteiger partial charge in [0.05, 0.1) is 12.7 Å². The van der Waals surface area contributed by atoms with E-state index in [9.17, 15) is 18.0 Å². The summed E-state index contributed by atoms with van der Waals surface area (Å²) < 4.78 is 50.6. The molecule has 0 bridgehead atoms. The summed E-state index contributed by atoms with van der Waals surface area (Å²) in [4.78, 5) is 11.5. The molecule has 0 saturated carbocycles. The molecule has 2 aliphatic rings. The molecule has 0 aliphatic heterocycles. The zero-order valence-electron chi connectivity index (χ0n) is 16.2. The number of methoxy groups -OCH3 is 1. The van der Waals surface area contributed by atoms with Gasteiger partial charge in [-0.1, -0.05) is 24.8 Å². The number of benzene rings is 1. The first-order chi connectivity index (χ1) is 13.7. The van der Waals surface area contributed by atoms with Gasteiger partial charge in [0.2, 0.25) is 0 Å². The van der Waals surface area contributed by atoms with Crippen LogP contribution < -0.4 is 4.74 Å². The highest BCUT2D eigenvalue weighted by Gasteiger charge is 2.32. The Morgan fingerprint density at radius 2 is 1.93 bits per heavy atom. The topological polar surface area (TPSA) is 35.5 Å². The molecule has 0 radical (unpaired) electrons. The van der Waals surface area contributed by atoms with Crippen LogP contribution in [0.5, 0.6) is 5.75 Å². The lowest BCUT2D eigenvalue weighted by molar-refractivity contribution is -0.136. The molecule has 3 rings (SSSR count). The van der Waals surface area contributed by atoms with Crippen LogP contribution in [0.2, 0.25) is 0 Å². The molecule has 0 aromatic heterocycles. The third kappa shape index (κ3) is 4.70. The minimum atomic E-state index is -4.53. The molecular weight excluding hydrogens is 381 g/mol. The van der Waals surface area contributed by atoms with Crippen LogP contribution in [-0.4, -0.2) is 19.3 Å². The molecule has 6 heteroatoms. The fraction of sp³-hybridized carbons (Fsp3) is 0.261. The number of hydrogen-bond acceptors (Lipinski definition) is 3. The zero-order chi connectivity index (χ0) is 21.2. The van der Waals surface area contributed by atoms with Crippen LogP contribution in [-0.2, 0) is 16.0 Å². The highest BCUT2D eigenvalue weighted by atomic mass is 19.4. The van der Waals surface area contributed by atoms with Crippen LogP contribution in [0.1, 0.15) is 30.9 Å². The summed E-state index contributed by atoms with van der Waals surface area (Å²) in [6.07, 6.45) is 1.81.